The third-order valence-corrected chi connectivity index (χ3v) is 2.70. The van der Waals surface area contributed by atoms with Crippen LogP contribution in [0, 0.1) is 5.92 Å². The van der Waals surface area contributed by atoms with Gasteiger partial charge in [-0.05, 0) is 12.7 Å². The molecule has 0 bridgehead atoms. The van der Waals surface area contributed by atoms with Gasteiger partial charge in [-0.3, -0.25) is 4.79 Å². The molecular formula is C8H15NO2S. The van der Waals surface area contributed by atoms with Gasteiger partial charge in [0.2, 0.25) is 5.91 Å². The summed E-state index contributed by atoms with van der Waals surface area (Å²) < 4.78 is 0. The minimum Gasteiger partial charge on any atom is -0.396 e. The summed E-state index contributed by atoms with van der Waals surface area (Å²) in [5.41, 5.74) is 0. The van der Waals surface area contributed by atoms with E-state index in [9.17, 15) is 4.79 Å². The zero-order chi connectivity index (χ0) is 8.97. The summed E-state index contributed by atoms with van der Waals surface area (Å²) in [5.74, 6) is 1.09. The molecule has 0 aromatic rings. The predicted octanol–water partition coefficient (Wildman–Crippen LogP) is 0.190. The van der Waals surface area contributed by atoms with Gasteiger partial charge in [-0.15, -0.1) is 0 Å². The monoisotopic (exact) mass is 189 g/mol. The predicted molar refractivity (Wildman–Crippen MR) is 50.2 cm³/mol. The van der Waals surface area contributed by atoms with E-state index in [0.29, 0.717) is 11.7 Å². The van der Waals surface area contributed by atoms with Crippen molar-refractivity contribution in [3.63, 3.8) is 0 Å². The molecular weight excluding hydrogens is 174 g/mol. The Kier molecular flexibility index (Phi) is 3.88. The molecule has 1 amide bonds. The first-order valence-electron chi connectivity index (χ1n) is 4.15. The van der Waals surface area contributed by atoms with Crippen molar-refractivity contribution in [2.24, 2.45) is 5.92 Å². The van der Waals surface area contributed by atoms with Gasteiger partial charge in [-0.1, -0.05) is 0 Å². The van der Waals surface area contributed by atoms with Crippen molar-refractivity contribution in [3.8, 4) is 0 Å². The van der Waals surface area contributed by atoms with Gasteiger partial charge in [0.25, 0.3) is 0 Å². The summed E-state index contributed by atoms with van der Waals surface area (Å²) in [4.78, 5) is 13.2. The number of nitrogens with zero attached hydrogens (tertiary/aromatic N) is 1. The molecule has 1 aliphatic rings. The van der Waals surface area contributed by atoms with Gasteiger partial charge in [0, 0.05) is 25.6 Å². The van der Waals surface area contributed by atoms with E-state index in [-0.39, 0.29) is 12.5 Å². The number of hydrogen-bond donors (Lipinski definition) is 1. The number of carbonyl (C=O) groups excluding carboxylic acids is 1. The van der Waals surface area contributed by atoms with E-state index < -0.39 is 0 Å². The average molecular weight is 189 g/mol. The van der Waals surface area contributed by atoms with E-state index in [2.05, 4.69) is 0 Å². The van der Waals surface area contributed by atoms with Crippen LogP contribution in [-0.4, -0.2) is 47.6 Å². The molecule has 1 fully saturated rings. The Labute approximate surface area is 77.1 Å². The number of hydrogen-bond acceptors (Lipinski definition) is 3. The maximum atomic E-state index is 11.3. The molecule has 70 valence electrons. The molecule has 12 heavy (non-hydrogen) atoms. The number of aliphatic hydroxyl groups excluding tert-OH is 1. The summed E-state index contributed by atoms with van der Waals surface area (Å²) in [7, 11) is 0. The lowest BCUT2D eigenvalue weighted by molar-refractivity contribution is -0.127. The molecule has 0 aliphatic carbocycles. The maximum Gasteiger partial charge on any atom is 0.232 e. The van der Waals surface area contributed by atoms with Crippen molar-refractivity contribution in [1.29, 1.82) is 0 Å². The maximum absolute atomic E-state index is 11.3. The zero-order valence-electron chi connectivity index (χ0n) is 7.32. The van der Waals surface area contributed by atoms with Crippen molar-refractivity contribution in [1.82, 2.24) is 4.90 Å². The number of carbonyl (C=O) groups is 1. The highest BCUT2D eigenvalue weighted by atomic mass is 32.2. The Morgan fingerprint density at radius 3 is 3.00 bits per heavy atom. The van der Waals surface area contributed by atoms with Crippen molar-refractivity contribution >= 4 is 17.7 Å². The smallest absolute Gasteiger partial charge is 0.232 e. The number of likely N-dealkylation sites (tertiary alicyclic amines) is 1. The Bertz CT molecular complexity index is 163. The molecule has 0 radical (unpaired) electrons. The lowest BCUT2D eigenvalue weighted by Crippen LogP contribution is -2.30. The van der Waals surface area contributed by atoms with Crippen molar-refractivity contribution in [3.05, 3.63) is 0 Å². The van der Waals surface area contributed by atoms with Crippen LogP contribution in [0.3, 0.4) is 0 Å². The van der Waals surface area contributed by atoms with Crippen LogP contribution in [0.5, 0.6) is 0 Å². The van der Waals surface area contributed by atoms with Crippen LogP contribution in [0.25, 0.3) is 0 Å². The van der Waals surface area contributed by atoms with Crippen LogP contribution in [0.1, 0.15) is 6.42 Å². The lowest BCUT2D eigenvalue weighted by atomic mass is 10.1. The first kappa shape index (κ1) is 9.86. The highest BCUT2D eigenvalue weighted by Gasteiger charge is 2.24. The lowest BCUT2D eigenvalue weighted by Gasteiger charge is -2.14. The molecule has 4 heteroatoms. The molecule has 1 aliphatic heterocycles. The third kappa shape index (κ3) is 2.38. The fourth-order valence-corrected chi connectivity index (χ4v) is 1.85. The minimum atomic E-state index is 0.207. The van der Waals surface area contributed by atoms with Gasteiger partial charge in [-0.2, -0.15) is 11.8 Å². The molecule has 0 aromatic heterocycles. The molecule has 1 heterocycles. The first-order valence-corrected chi connectivity index (χ1v) is 5.55. The van der Waals surface area contributed by atoms with Crippen LogP contribution in [0.2, 0.25) is 0 Å². The second kappa shape index (κ2) is 4.72. The van der Waals surface area contributed by atoms with Gasteiger partial charge in [0.1, 0.15) is 0 Å². The largest absolute Gasteiger partial charge is 0.396 e. The van der Waals surface area contributed by atoms with E-state index >= 15 is 0 Å². The van der Waals surface area contributed by atoms with E-state index in [0.717, 1.165) is 19.5 Å². The number of thioether (sulfide) groups is 1. The van der Waals surface area contributed by atoms with Gasteiger partial charge in [-0.25, -0.2) is 0 Å². The van der Waals surface area contributed by atoms with E-state index in [1.165, 1.54) is 0 Å². The standard InChI is InChI=1S/C8H15NO2S/c1-12-6-8(11)9-3-2-7(4-9)5-10/h7,10H,2-6H2,1H3. The molecule has 1 N–H and O–H groups in total. The zero-order valence-corrected chi connectivity index (χ0v) is 8.14. The van der Waals surface area contributed by atoms with Crippen molar-refractivity contribution in [2.75, 3.05) is 31.7 Å². The molecule has 1 saturated heterocycles. The topological polar surface area (TPSA) is 40.5 Å². The van der Waals surface area contributed by atoms with Gasteiger partial charge in [0.05, 0.1) is 5.75 Å². The van der Waals surface area contributed by atoms with E-state index in [1.807, 2.05) is 11.2 Å². The summed E-state index contributed by atoms with van der Waals surface area (Å²) in [6, 6.07) is 0. The molecule has 0 spiro atoms. The fourth-order valence-electron chi connectivity index (χ4n) is 1.42. The second-order valence-corrected chi connectivity index (χ2v) is 3.98. The first-order chi connectivity index (χ1) is 5.77. The fraction of sp³-hybridized carbons (Fsp3) is 0.875. The van der Waals surface area contributed by atoms with Crippen LogP contribution in [0.4, 0.5) is 0 Å². The van der Waals surface area contributed by atoms with Gasteiger partial charge >= 0.3 is 0 Å². The molecule has 0 aromatic carbocycles. The summed E-state index contributed by atoms with van der Waals surface area (Å²) in [6.45, 7) is 1.78. The normalized spacial score (nSPS) is 23.2. The average Bonchev–Trinajstić information content (AvgIpc) is 2.52. The quantitative estimate of drug-likeness (QED) is 0.689. The van der Waals surface area contributed by atoms with Gasteiger partial charge < -0.3 is 10.0 Å². The highest BCUT2D eigenvalue weighted by Crippen LogP contribution is 2.15. The van der Waals surface area contributed by atoms with Crippen LogP contribution < -0.4 is 0 Å². The molecule has 0 saturated carbocycles. The van der Waals surface area contributed by atoms with Crippen LogP contribution in [0.15, 0.2) is 0 Å². The molecule has 1 rings (SSSR count). The molecule has 1 atom stereocenters. The Balaban J connectivity index is 2.31. The SMILES string of the molecule is CSCC(=O)N1CCC(CO)C1. The Morgan fingerprint density at radius 2 is 2.50 bits per heavy atom. The van der Waals surface area contributed by atoms with Gasteiger partial charge in [0.15, 0.2) is 0 Å². The van der Waals surface area contributed by atoms with Crippen molar-refractivity contribution < 1.29 is 9.90 Å². The molecule has 3 nitrogen and oxygen atoms in total. The number of rotatable bonds is 3. The van der Waals surface area contributed by atoms with Crippen LogP contribution in [-0.2, 0) is 4.79 Å². The summed E-state index contributed by atoms with van der Waals surface area (Å²) >= 11 is 1.55. The van der Waals surface area contributed by atoms with E-state index in [1.54, 1.807) is 11.8 Å². The summed E-state index contributed by atoms with van der Waals surface area (Å²) in [5, 5.41) is 8.85. The second-order valence-electron chi connectivity index (χ2n) is 3.11. The summed E-state index contributed by atoms with van der Waals surface area (Å²) in [6.07, 6.45) is 2.88. The van der Waals surface area contributed by atoms with E-state index in [4.69, 9.17) is 5.11 Å². The third-order valence-electron chi connectivity index (χ3n) is 2.16. The Hall–Kier alpha value is -0.220. The minimum absolute atomic E-state index is 0.207. The molecule has 1 unspecified atom stereocenters. The highest BCUT2D eigenvalue weighted by molar-refractivity contribution is 7.99. The number of aliphatic hydroxyl groups is 1. The van der Waals surface area contributed by atoms with Crippen molar-refractivity contribution in [2.45, 2.75) is 6.42 Å². The Morgan fingerprint density at radius 1 is 1.75 bits per heavy atom. The number of amides is 1. The van der Waals surface area contributed by atoms with Crippen LogP contribution >= 0.6 is 11.8 Å².